The molecular weight excluding hydrogens is 256 g/mol. The molecule has 1 atom stereocenters. The maximum absolute atomic E-state index is 13.6. The molecule has 2 heterocycles. The summed E-state index contributed by atoms with van der Waals surface area (Å²) in [4.78, 5) is 4.03. The van der Waals surface area contributed by atoms with Crippen molar-refractivity contribution in [3.05, 3.63) is 35.7 Å². The van der Waals surface area contributed by atoms with Gasteiger partial charge in [-0.25, -0.2) is 8.78 Å². The summed E-state index contributed by atoms with van der Waals surface area (Å²) < 4.78 is 37.4. The highest BCUT2D eigenvalue weighted by atomic mass is 19.1. The van der Waals surface area contributed by atoms with Gasteiger partial charge < -0.3 is 14.6 Å². The summed E-state index contributed by atoms with van der Waals surface area (Å²) >= 11 is 0. The fourth-order valence-electron chi connectivity index (χ4n) is 1.91. The number of halogens is 2. The lowest BCUT2D eigenvalue weighted by Gasteiger charge is -2.20. The highest BCUT2D eigenvalue weighted by Crippen LogP contribution is 2.25. The van der Waals surface area contributed by atoms with Gasteiger partial charge in [0, 0.05) is 6.54 Å². The molecule has 19 heavy (non-hydrogen) atoms. The van der Waals surface area contributed by atoms with Gasteiger partial charge >= 0.3 is 0 Å². The largest absolute Gasteiger partial charge is 0.378 e. The number of hydrogen-bond acceptors (Lipinski definition) is 5. The fraction of sp³-hybridized carbons (Fsp3) is 0.333. The van der Waals surface area contributed by atoms with Crippen LogP contribution in [-0.2, 0) is 4.74 Å². The van der Waals surface area contributed by atoms with Gasteiger partial charge in [0.15, 0.2) is 5.82 Å². The molecule has 1 aliphatic rings. The van der Waals surface area contributed by atoms with E-state index in [1.54, 1.807) is 0 Å². The van der Waals surface area contributed by atoms with Gasteiger partial charge in [-0.3, -0.25) is 0 Å². The number of nitrogens with one attached hydrogen (secondary N) is 1. The lowest BCUT2D eigenvalue weighted by Crippen LogP contribution is -2.35. The molecule has 2 aromatic rings. The van der Waals surface area contributed by atoms with Crippen molar-refractivity contribution in [2.75, 3.05) is 19.8 Å². The van der Waals surface area contributed by atoms with Crippen LogP contribution in [0.5, 0.6) is 0 Å². The number of hydrogen-bond donors (Lipinski definition) is 1. The summed E-state index contributed by atoms with van der Waals surface area (Å²) in [5, 5.41) is 6.87. The molecule has 1 aliphatic heterocycles. The molecule has 3 rings (SSSR count). The molecule has 0 spiro atoms. The number of nitrogens with zero attached hydrogens (tertiary/aromatic N) is 2. The Morgan fingerprint density at radius 1 is 1.26 bits per heavy atom. The Morgan fingerprint density at radius 2 is 2.05 bits per heavy atom. The van der Waals surface area contributed by atoms with Crippen molar-refractivity contribution < 1.29 is 18.0 Å². The second kappa shape index (κ2) is 5.02. The first kappa shape index (κ1) is 12.2. The quantitative estimate of drug-likeness (QED) is 0.897. The van der Waals surface area contributed by atoms with Crippen LogP contribution in [0.2, 0.25) is 0 Å². The van der Waals surface area contributed by atoms with Gasteiger partial charge in [0.1, 0.15) is 17.2 Å². The lowest BCUT2D eigenvalue weighted by atomic mass is 10.2. The molecule has 1 fully saturated rings. The van der Waals surface area contributed by atoms with Crippen LogP contribution in [0.25, 0.3) is 11.5 Å². The van der Waals surface area contributed by atoms with Crippen molar-refractivity contribution in [3.8, 4) is 11.5 Å². The Hall–Kier alpha value is -1.86. The molecule has 0 aliphatic carbocycles. The summed E-state index contributed by atoms with van der Waals surface area (Å²) in [6, 6.07) is 3.34. The van der Waals surface area contributed by atoms with E-state index in [2.05, 4.69) is 15.5 Å². The van der Waals surface area contributed by atoms with Crippen molar-refractivity contribution in [2.45, 2.75) is 6.04 Å². The first-order valence-corrected chi connectivity index (χ1v) is 5.85. The van der Waals surface area contributed by atoms with Crippen molar-refractivity contribution in [2.24, 2.45) is 0 Å². The van der Waals surface area contributed by atoms with E-state index in [1.807, 2.05) is 0 Å². The predicted molar refractivity (Wildman–Crippen MR) is 61.2 cm³/mol. The lowest BCUT2D eigenvalue weighted by molar-refractivity contribution is 0.0734. The van der Waals surface area contributed by atoms with E-state index in [9.17, 15) is 8.78 Å². The highest BCUT2D eigenvalue weighted by Gasteiger charge is 2.23. The van der Waals surface area contributed by atoms with E-state index < -0.39 is 11.6 Å². The van der Waals surface area contributed by atoms with Crippen LogP contribution in [0.3, 0.4) is 0 Å². The third kappa shape index (κ3) is 2.34. The molecule has 0 bridgehead atoms. The van der Waals surface area contributed by atoms with Crippen LogP contribution in [-0.4, -0.2) is 29.9 Å². The summed E-state index contributed by atoms with van der Waals surface area (Å²) in [5.74, 6) is -1.30. The monoisotopic (exact) mass is 267 g/mol. The summed E-state index contributed by atoms with van der Waals surface area (Å²) in [7, 11) is 0. The van der Waals surface area contributed by atoms with E-state index in [1.165, 1.54) is 6.07 Å². The van der Waals surface area contributed by atoms with Gasteiger partial charge in [-0.15, -0.1) is 0 Å². The van der Waals surface area contributed by atoms with E-state index in [4.69, 9.17) is 9.26 Å². The van der Waals surface area contributed by atoms with Crippen LogP contribution in [0.1, 0.15) is 11.9 Å². The van der Waals surface area contributed by atoms with E-state index >= 15 is 0 Å². The number of aromatic nitrogens is 2. The first-order chi connectivity index (χ1) is 9.25. The van der Waals surface area contributed by atoms with Crippen LogP contribution < -0.4 is 5.32 Å². The van der Waals surface area contributed by atoms with E-state index in [0.29, 0.717) is 25.6 Å². The van der Waals surface area contributed by atoms with Crippen molar-refractivity contribution >= 4 is 0 Å². The van der Waals surface area contributed by atoms with Crippen molar-refractivity contribution in [1.82, 2.24) is 15.5 Å². The molecule has 1 unspecified atom stereocenters. The molecule has 0 radical (unpaired) electrons. The van der Waals surface area contributed by atoms with Gasteiger partial charge in [-0.1, -0.05) is 11.2 Å². The van der Waals surface area contributed by atoms with E-state index in [-0.39, 0.29) is 17.5 Å². The summed E-state index contributed by atoms with van der Waals surface area (Å²) in [5.41, 5.74) is -0.307. The molecule has 0 amide bonds. The number of ether oxygens (including phenoxy) is 1. The Kier molecular flexibility index (Phi) is 3.22. The number of morpholine rings is 1. The van der Waals surface area contributed by atoms with E-state index in [0.717, 1.165) is 12.1 Å². The third-order valence-electron chi connectivity index (χ3n) is 2.85. The van der Waals surface area contributed by atoms with Gasteiger partial charge in [0.25, 0.3) is 5.89 Å². The number of rotatable bonds is 2. The molecule has 1 aromatic heterocycles. The van der Waals surface area contributed by atoms with Gasteiger partial charge in [0.2, 0.25) is 0 Å². The summed E-state index contributed by atoms with van der Waals surface area (Å²) in [6.07, 6.45) is 0. The molecule has 100 valence electrons. The Labute approximate surface area is 107 Å². The molecular formula is C12H11F2N3O2. The van der Waals surface area contributed by atoms with Crippen molar-refractivity contribution in [3.63, 3.8) is 0 Å². The number of benzene rings is 1. The van der Waals surface area contributed by atoms with Gasteiger partial charge in [-0.2, -0.15) is 4.98 Å². The average molecular weight is 267 g/mol. The normalized spacial score (nSPS) is 19.6. The predicted octanol–water partition coefficient (Wildman–Crippen LogP) is 1.68. The third-order valence-corrected chi connectivity index (χ3v) is 2.85. The second-order valence-electron chi connectivity index (χ2n) is 4.14. The van der Waals surface area contributed by atoms with Gasteiger partial charge in [-0.05, 0) is 12.1 Å². The Balaban J connectivity index is 1.92. The van der Waals surface area contributed by atoms with Gasteiger partial charge in [0.05, 0.1) is 19.3 Å². The van der Waals surface area contributed by atoms with Crippen LogP contribution in [0, 0.1) is 11.6 Å². The summed E-state index contributed by atoms with van der Waals surface area (Å²) in [6.45, 7) is 1.68. The smallest absolute Gasteiger partial charge is 0.263 e. The Morgan fingerprint density at radius 3 is 2.74 bits per heavy atom. The standard InChI is InChI=1S/C12H11F2N3O2/c13-7-2-1-3-8(14)10(7)12-16-11(17-19-12)9-6-18-5-4-15-9/h1-3,9,15H,4-6H2. The minimum atomic E-state index is -0.733. The maximum Gasteiger partial charge on any atom is 0.263 e. The van der Waals surface area contributed by atoms with Crippen LogP contribution in [0.15, 0.2) is 22.7 Å². The fourth-order valence-corrected chi connectivity index (χ4v) is 1.91. The average Bonchev–Trinajstić information content (AvgIpc) is 2.89. The van der Waals surface area contributed by atoms with Crippen LogP contribution in [0.4, 0.5) is 8.78 Å². The second-order valence-corrected chi connectivity index (χ2v) is 4.14. The SMILES string of the molecule is Fc1cccc(F)c1-c1nc(C2COCCN2)no1. The zero-order valence-electron chi connectivity index (χ0n) is 9.90. The van der Waals surface area contributed by atoms with Crippen LogP contribution >= 0.6 is 0 Å². The molecule has 1 N–H and O–H groups in total. The minimum Gasteiger partial charge on any atom is -0.378 e. The minimum absolute atomic E-state index is 0.169. The molecule has 5 nitrogen and oxygen atoms in total. The highest BCUT2D eigenvalue weighted by molar-refractivity contribution is 5.54. The zero-order chi connectivity index (χ0) is 13.2. The molecule has 0 saturated carbocycles. The Bertz CT molecular complexity index is 562. The molecule has 7 heteroatoms. The van der Waals surface area contributed by atoms with Crippen molar-refractivity contribution in [1.29, 1.82) is 0 Å². The molecule has 1 saturated heterocycles. The first-order valence-electron chi connectivity index (χ1n) is 5.85. The zero-order valence-corrected chi connectivity index (χ0v) is 9.90. The maximum atomic E-state index is 13.6. The topological polar surface area (TPSA) is 60.2 Å². The molecule has 1 aromatic carbocycles.